The molecule has 2 amide bonds. The van der Waals surface area contributed by atoms with Crippen molar-refractivity contribution >= 4 is 35.1 Å². The van der Waals surface area contributed by atoms with Gasteiger partial charge in [-0.2, -0.15) is 5.10 Å². The molecule has 23 heteroatoms. The van der Waals surface area contributed by atoms with Crippen LogP contribution in [-0.4, -0.2) is 120 Å². The summed E-state index contributed by atoms with van der Waals surface area (Å²) in [6, 6.07) is 16.2. The number of hydrogen-bond acceptors (Lipinski definition) is 18. The third kappa shape index (κ3) is 7.54. The zero-order valence-corrected chi connectivity index (χ0v) is 37.6. The molecular formula is C47H41F2N15O6. The highest BCUT2D eigenvalue weighted by molar-refractivity contribution is 5.90. The van der Waals surface area contributed by atoms with Crippen LogP contribution in [0.3, 0.4) is 0 Å². The van der Waals surface area contributed by atoms with Gasteiger partial charge in [0.1, 0.15) is 17.1 Å². The van der Waals surface area contributed by atoms with Gasteiger partial charge in [0, 0.05) is 81.3 Å². The number of pyridine rings is 3. The number of aryl methyl sites for hydroxylation is 2. The number of aliphatic hydroxyl groups is 2. The van der Waals surface area contributed by atoms with Crippen molar-refractivity contribution in [3.63, 3.8) is 0 Å². The second-order valence-electron chi connectivity index (χ2n) is 17.4. The summed E-state index contributed by atoms with van der Waals surface area (Å²) >= 11 is 0. The Morgan fingerprint density at radius 2 is 1.47 bits per heavy atom. The van der Waals surface area contributed by atoms with Gasteiger partial charge in [-0.3, -0.25) is 19.3 Å². The molecule has 11 rings (SSSR count). The SMILES string of the molecule is Cc1cc(Nc2nccc(-c3cc(-c4ccc(-c5cc(C6(O)CCN(C)C6=O)no5)nc4-c4ccnc(Nc5cnn6c5CCCC6)n4)cc(-c4cc(C5(O)C(=O)N(C)CC5(F)F)on4)n3)n2)ccn1. The van der Waals surface area contributed by atoms with Crippen molar-refractivity contribution in [3.05, 3.63) is 108 Å². The van der Waals surface area contributed by atoms with Gasteiger partial charge in [0.15, 0.2) is 17.1 Å². The quantitative estimate of drug-likeness (QED) is 0.126. The normalized spacial score (nSPS) is 19.8. The lowest BCUT2D eigenvalue weighted by molar-refractivity contribution is -0.179. The summed E-state index contributed by atoms with van der Waals surface area (Å²) in [5.74, 6) is -5.83. The van der Waals surface area contributed by atoms with Gasteiger partial charge < -0.3 is 39.7 Å². The van der Waals surface area contributed by atoms with Gasteiger partial charge in [-0.25, -0.2) is 38.7 Å². The molecule has 0 radical (unpaired) electrons. The van der Waals surface area contributed by atoms with Crippen LogP contribution in [0.2, 0.25) is 0 Å². The number of alkyl halides is 2. The number of likely N-dealkylation sites (tertiary alicyclic amines) is 2. The summed E-state index contributed by atoms with van der Waals surface area (Å²) < 4.78 is 43.8. The average molecular weight is 950 g/mol. The predicted octanol–water partition coefficient (Wildman–Crippen LogP) is 5.44. The largest absolute Gasteiger partial charge is 0.374 e. The molecule has 0 aromatic carbocycles. The highest BCUT2D eigenvalue weighted by atomic mass is 19.3. The number of anilines is 4. The van der Waals surface area contributed by atoms with Crippen molar-refractivity contribution in [1.29, 1.82) is 0 Å². The second-order valence-corrected chi connectivity index (χ2v) is 17.4. The average Bonchev–Trinajstić information content (AvgIpc) is 4.21. The summed E-state index contributed by atoms with van der Waals surface area (Å²) in [4.78, 5) is 61.0. The zero-order valence-electron chi connectivity index (χ0n) is 37.6. The standard InChI is InChI=1S/C47H41F2N15O6/c1-25-18-27(9-13-50-25)54-43-51-14-10-29(57-43)32-19-26(20-33(55-32)34-21-39(70-60-34)47(68)42(66)63(3)24-46(47,48)49)28-7-8-30(37-22-38(61-69-37)45(67)12-17-62(2)41(45)65)56-40(28)31-11-15-52-44(58-31)59-35-23-53-64-16-5-4-6-36(35)64/h7-11,13-15,18-23,67-68H,4-6,12,16-17,24H2,1-3H3,(H,52,58,59)(H,50,51,54,57). The lowest BCUT2D eigenvalue weighted by Gasteiger charge is -2.22. The first-order chi connectivity index (χ1) is 33.7. The highest BCUT2D eigenvalue weighted by Crippen LogP contribution is 2.46. The summed E-state index contributed by atoms with van der Waals surface area (Å²) in [7, 11) is 2.75. The monoisotopic (exact) mass is 949 g/mol. The first kappa shape index (κ1) is 44.1. The van der Waals surface area contributed by atoms with Crippen molar-refractivity contribution in [2.75, 3.05) is 37.8 Å². The highest BCUT2D eigenvalue weighted by Gasteiger charge is 2.68. The van der Waals surface area contributed by atoms with Crippen LogP contribution in [-0.2, 0) is 33.8 Å². The third-order valence-electron chi connectivity index (χ3n) is 12.7. The lowest BCUT2D eigenvalue weighted by Crippen LogP contribution is -2.46. The molecule has 21 nitrogen and oxygen atoms in total. The minimum absolute atomic E-state index is 0.0313. The summed E-state index contributed by atoms with van der Waals surface area (Å²) in [5.41, 5.74) is 0.470. The molecule has 0 aliphatic carbocycles. The molecule has 3 aliphatic rings. The minimum Gasteiger partial charge on any atom is -0.374 e. The fourth-order valence-electron chi connectivity index (χ4n) is 8.93. The number of rotatable bonds is 11. The number of hydrogen-bond donors (Lipinski definition) is 4. The van der Waals surface area contributed by atoms with E-state index in [0.29, 0.717) is 40.4 Å². The Bertz CT molecular complexity index is 3380. The molecule has 2 saturated heterocycles. The molecular weight excluding hydrogens is 909 g/mol. The lowest BCUT2D eigenvalue weighted by atomic mass is 9.94. The van der Waals surface area contributed by atoms with Crippen LogP contribution in [0.25, 0.3) is 56.7 Å². The van der Waals surface area contributed by atoms with E-state index in [1.165, 1.54) is 17.2 Å². The van der Waals surface area contributed by atoms with Gasteiger partial charge in [0.25, 0.3) is 17.4 Å². The maximum absolute atomic E-state index is 15.4. The van der Waals surface area contributed by atoms with E-state index in [1.807, 2.05) is 17.7 Å². The molecule has 11 heterocycles. The minimum atomic E-state index is -3.91. The molecule has 2 unspecified atom stereocenters. The Morgan fingerprint density at radius 1 is 0.714 bits per heavy atom. The van der Waals surface area contributed by atoms with E-state index in [1.54, 1.807) is 68.1 Å². The molecule has 8 aromatic rings. The van der Waals surface area contributed by atoms with Crippen molar-refractivity contribution in [1.82, 2.24) is 64.8 Å². The van der Waals surface area contributed by atoms with E-state index in [-0.39, 0.29) is 52.5 Å². The first-order valence-electron chi connectivity index (χ1n) is 22.2. The predicted molar refractivity (Wildman–Crippen MR) is 244 cm³/mol. The van der Waals surface area contributed by atoms with Gasteiger partial charge in [-0.05, 0) is 80.3 Å². The van der Waals surface area contributed by atoms with Crippen LogP contribution in [0.15, 0.2) is 94.5 Å². The number of aromatic nitrogens is 11. The van der Waals surface area contributed by atoms with Crippen molar-refractivity contribution < 1.29 is 37.6 Å². The van der Waals surface area contributed by atoms with E-state index in [4.69, 9.17) is 29.0 Å². The van der Waals surface area contributed by atoms with E-state index >= 15 is 8.78 Å². The van der Waals surface area contributed by atoms with Crippen LogP contribution >= 0.6 is 0 Å². The second kappa shape index (κ2) is 16.7. The van der Waals surface area contributed by atoms with Crippen molar-refractivity contribution in [3.8, 4) is 56.7 Å². The van der Waals surface area contributed by atoms with Gasteiger partial charge in [-0.1, -0.05) is 10.3 Å². The van der Waals surface area contributed by atoms with E-state index < -0.39 is 41.2 Å². The first-order valence-corrected chi connectivity index (χ1v) is 22.2. The number of nitrogens with zero attached hydrogens (tertiary/aromatic N) is 13. The van der Waals surface area contributed by atoms with Crippen LogP contribution in [0.5, 0.6) is 0 Å². The van der Waals surface area contributed by atoms with Crippen LogP contribution in [0.1, 0.15) is 42.1 Å². The Labute approximate surface area is 395 Å². The Morgan fingerprint density at radius 3 is 2.23 bits per heavy atom. The van der Waals surface area contributed by atoms with Gasteiger partial charge in [0.2, 0.25) is 11.9 Å². The van der Waals surface area contributed by atoms with Gasteiger partial charge in [-0.15, -0.1) is 0 Å². The Balaban J connectivity index is 1.06. The van der Waals surface area contributed by atoms with E-state index in [2.05, 4.69) is 41.0 Å². The van der Waals surface area contributed by atoms with Crippen LogP contribution < -0.4 is 10.6 Å². The Kier molecular flexibility index (Phi) is 10.5. The molecule has 0 spiro atoms. The maximum Gasteiger partial charge on any atom is 0.309 e. The number of amides is 2. The molecule has 70 heavy (non-hydrogen) atoms. The van der Waals surface area contributed by atoms with E-state index in [9.17, 15) is 19.8 Å². The molecule has 354 valence electrons. The molecule has 3 aliphatic heterocycles. The van der Waals surface area contributed by atoms with E-state index in [0.717, 1.165) is 60.9 Å². The summed E-state index contributed by atoms with van der Waals surface area (Å²) in [6.45, 7) is 1.93. The summed E-state index contributed by atoms with van der Waals surface area (Å²) in [6.07, 6.45) is 9.48. The van der Waals surface area contributed by atoms with Gasteiger partial charge in [0.05, 0.1) is 52.6 Å². The molecule has 0 saturated carbocycles. The van der Waals surface area contributed by atoms with Crippen LogP contribution in [0.4, 0.5) is 32.1 Å². The smallest absolute Gasteiger partial charge is 0.309 e. The number of likely N-dealkylation sites (N-methyl/N-ethyl adjacent to an activating group) is 2. The van der Waals surface area contributed by atoms with Gasteiger partial charge >= 0.3 is 5.92 Å². The van der Waals surface area contributed by atoms with Crippen LogP contribution in [0, 0.1) is 6.92 Å². The molecule has 2 atom stereocenters. The maximum atomic E-state index is 15.4. The molecule has 0 bridgehead atoms. The number of carbonyl (C=O) groups is 2. The Hall–Kier alpha value is -8.44. The van der Waals surface area contributed by atoms with Crippen molar-refractivity contribution in [2.24, 2.45) is 0 Å². The third-order valence-corrected chi connectivity index (χ3v) is 12.7. The number of carbonyl (C=O) groups excluding carboxylic acids is 2. The number of halogens is 2. The molecule has 4 N–H and O–H groups in total. The molecule has 2 fully saturated rings. The van der Waals surface area contributed by atoms with Crippen molar-refractivity contribution in [2.45, 2.75) is 56.3 Å². The molecule has 8 aromatic heterocycles. The topological polar surface area (TPSA) is 265 Å². The fourth-order valence-corrected chi connectivity index (χ4v) is 8.93. The number of fused-ring (bicyclic) bond motifs is 1. The summed E-state index contributed by atoms with van der Waals surface area (Å²) in [5, 5.41) is 41.9. The zero-order chi connectivity index (χ0) is 48.5. The fraction of sp³-hybridized carbons (Fsp3) is 0.277. The number of nitrogens with one attached hydrogen (secondary N) is 2.